The maximum Gasteiger partial charge on any atom is 0.243 e. The molecule has 108 valence electrons. The Morgan fingerprint density at radius 3 is 2.58 bits per heavy atom. The van der Waals surface area contributed by atoms with Gasteiger partial charge in [0.1, 0.15) is 4.90 Å². The number of benzene rings is 1. The van der Waals surface area contributed by atoms with Gasteiger partial charge in [-0.15, -0.1) is 0 Å². The Morgan fingerprint density at radius 1 is 1.42 bits per heavy atom. The number of nitrogens with one attached hydrogen (secondary N) is 1. The van der Waals surface area contributed by atoms with Crippen LogP contribution in [0.4, 0.5) is 8.78 Å². The summed E-state index contributed by atoms with van der Waals surface area (Å²) in [4.78, 5) is -0.707. The third kappa shape index (κ3) is 4.13. The van der Waals surface area contributed by atoms with Gasteiger partial charge in [0.15, 0.2) is 11.6 Å². The second-order valence-electron chi connectivity index (χ2n) is 4.07. The highest BCUT2D eigenvalue weighted by molar-refractivity contribution is 7.98. The lowest BCUT2D eigenvalue weighted by Gasteiger charge is -2.14. The fraction of sp³-hybridized carbons (Fsp3) is 0.455. The molecule has 0 bridgehead atoms. The molecule has 1 rings (SSSR count). The molecule has 0 radical (unpaired) electrons. The van der Waals surface area contributed by atoms with Crippen LogP contribution in [-0.2, 0) is 16.6 Å². The van der Waals surface area contributed by atoms with Gasteiger partial charge in [-0.25, -0.2) is 21.9 Å². The van der Waals surface area contributed by atoms with E-state index in [0.717, 1.165) is 12.1 Å². The highest BCUT2D eigenvalue weighted by Crippen LogP contribution is 2.20. The molecule has 1 atom stereocenters. The summed E-state index contributed by atoms with van der Waals surface area (Å²) in [5, 5.41) is 0. The van der Waals surface area contributed by atoms with Gasteiger partial charge in [-0.2, -0.15) is 11.8 Å². The molecule has 0 spiro atoms. The average molecular weight is 310 g/mol. The van der Waals surface area contributed by atoms with Crippen molar-refractivity contribution in [2.24, 2.45) is 5.73 Å². The number of nitrogens with two attached hydrogens (primary N) is 1. The fourth-order valence-corrected chi connectivity index (χ4v) is 3.61. The van der Waals surface area contributed by atoms with Crippen LogP contribution in [0.1, 0.15) is 12.5 Å². The Morgan fingerprint density at radius 2 is 2.05 bits per heavy atom. The summed E-state index contributed by atoms with van der Waals surface area (Å²) in [5.74, 6) is -2.08. The predicted octanol–water partition coefficient (Wildman–Crippen LogP) is 1.45. The lowest BCUT2D eigenvalue weighted by atomic mass is 10.2. The molecule has 3 N–H and O–H groups in total. The van der Waals surface area contributed by atoms with Crippen molar-refractivity contribution in [3.63, 3.8) is 0 Å². The van der Waals surface area contributed by atoms with Crippen LogP contribution < -0.4 is 10.5 Å². The molecule has 0 aromatic heterocycles. The van der Waals surface area contributed by atoms with Gasteiger partial charge in [-0.1, -0.05) is 0 Å². The van der Waals surface area contributed by atoms with Crippen LogP contribution in [0.25, 0.3) is 0 Å². The molecular formula is C11H16F2N2O2S2. The summed E-state index contributed by atoms with van der Waals surface area (Å²) >= 11 is 1.45. The number of hydrogen-bond donors (Lipinski definition) is 2. The standard InChI is InChI=1S/C11H16F2N2O2S2/c1-7(6-18-2)15-19(16,17)10-4-8(5-14)3-9(12)11(10)13/h3-4,7,15H,5-6,14H2,1-2H3. The Labute approximate surface area is 115 Å². The highest BCUT2D eigenvalue weighted by Gasteiger charge is 2.24. The normalized spacial score (nSPS) is 13.5. The smallest absolute Gasteiger partial charge is 0.243 e. The summed E-state index contributed by atoms with van der Waals surface area (Å²) in [7, 11) is -4.10. The molecule has 19 heavy (non-hydrogen) atoms. The summed E-state index contributed by atoms with van der Waals surface area (Å²) in [6.45, 7) is 1.58. The van der Waals surface area contributed by atoms with Crippen LogP contribution in [-0.4, -0.2) is 26.5 Å². The van der Waals surface area contributed by atoms with E-state index in [2.05, 4.69) is 4.72 Å². The van der Waals surface area contributed by atoms with E-state index in [1.807, 2.05) is 6.26 Å². The minimum absolute atomic E-state index is 0.0694. The van der Waals surface area contributed by atoms with Gasteiger partial charge in [0, 0.05) is 18.3 Å². The van der Waals surface area contributed by atoms with Crippen LogP contribution in [0, 0.1) is 11.6 Å². The van der Waals surface area contributed by atoms with Crippen LogP contribution in [0.15, 0.2) is 17.0 Å². The van der Waals surface area contributed by atoms with Crippen LogP contribution in [0.2, 0.25) is 0 Å². The topological polar surface area (TPSA) is 72.2 Å². The van der Waals surface area contributed by atoms with Crippen molar-refractivity contribution < 1.29 is 17.2 Å². The second-order valence-corrected chi connectivity index (χ2v) is 6.66. The Hall–Kier alpha value is -0.700. The van der Waals surface area contributed by atoms with Gasteiger partial charge in [0.25, 0.3) is 0 Å². The third-order valence-corrected chi connectivity index (χ3v) is 4.77. The SMILES string of the molecule is CSCC(C)NS(=O)(=O)c1cc(CN)cc(F)c1F. The molecule has 0 heterocycles. The molecule has 0 aliphatic carbocycles. The van der Waals surface area contributed by atoms with Crippen LogP contribution in [0.3, 0.4) is 0 Å². The monoisotopic (exact) mass is 310 g/mol. The zero-order chi connectivity index (χ0) is 14.6. The Kier molecular flexibility index (Phi) is 5.72. The minimum atomic E-state index is -4.10. The van der Waals surface area contributed by atoms with Gasteiger partial charge in [-0.05, 0) is 30.9 Å². The molecule has 8 heteroatoms. The van der Waals surface area contributed by atoms with E-state index < -0.39 is 26.6 Å². The highest BCUT2D eigenvalue weighted by atomic mass is 32.2. The van der Waals surface area contributed by atoms with Crippen molar-refractivity contribution in [2.75, 3.05) is 12.0 Å². The van der Waals surface area contributed by atoms with Crippen molar-refractivity contribution in [3.8, 4) is 0 Å². The van der Waals surface area contributed by atoms with Crippen LogP contribution >= 0.6 is 11.8 Å². The van der Waals surface area contributed by atoms with E-state index in [-0.39, 0.29) is 18.2 Å². The summed E-state index contributed by atoms with van der Waals surface area (Å²) in [6.07, 6.45) is 1.82. The third-order valence-electron chi connectivity index (χ3n) is 2.35. The molecule has 0 amide bonds. The van der Waals surface area contributed by atoms with Gasteiger partial charge in [0.2, 0.25) is 10.0 Å². The van der Waals surface area contributed by atoms with Gasteiger partial charge >= 0.3 is 0 Å². The Balaban J connectivity index is 3.17. The van der Waals surface area contributed by atoms with Crippen LogP contribution in [0.5, 0.6) is 0 Å². The molecule has 0 aliphatic rings. The number of thioether (sulfide) groups is 1. The van der Waals surface area contributed by atoms with Crippen molar-refractivity contribution >= 4 is 21.8 Å². The molecule has 1 aromatic carbocycles. The molecule has 0 saturated heterocycles. The van der Waals surface area contributed by atoms with E-state index in [9.17, 15) is 17.2 Å². The van der Waals surface area contributed by atoms with Crippen molar-refractivity contribution in [3.05, 3.63) is 29.3 Å². The second kappa shape index (κ2) is 6.65. The minimum Gasteiger partial charge on any atom is -0.326 e. The van der Waals surface area contributed by atoms with E-state index in [1.54, 1.807) is 6.92 Å². The van der Waals surface area contributed by atoms with E-state index >= 15 is 0 Å². The van der Waals surface area contributed by atoms with Crippen molar-refractivity contribution in [2.45, 2.75) is 24.4 Å². The molecular weight excluding hydrogens is 294 g/mol. The largest absolute Gasteiger partial charge is 0.326 e. The average Bonchev–Trinajstić information content (AvgIpc) is 2.31. The number of rotatable bonds is 6. The maximum atomic E-state index is 13.6. The van der Waals surface area contributed by atoms with E-state index in [4.69, 9.17) is 5.73 Å². The van der Waals surface area contributed by atoms with E-state index in [0.29, 0.717) is 5.75 Å². The first-order chi connectivity index (χ1) is 8.81. The molecule has 1 unspecified atom stereocenters. The first-order valence-corrected chi connectivity index (χ1v) is 8.38. The number of sulfonamides is 1. The molecule has 0 fully saturated rings. The number of halogens is 2. The van der Waals surface area contributed by atoms with Gasteiger partial charge < -0.3 is 5.73 Å². The number of hydrogen-bond acceptors (Lipinski definition) is 4. The van der Waals surface area contributed by atoms with E-state index in [1.165, 1.54) is 11.8 Å². The fourth-order valence-electron chi connectivity index (χ4n) is 1.54. The summed E-state index contributed by atoms with van der Waals surface area (Å²) in [5.41, 5.74) is 5.54. The molecule has 0 aliphatic heterocycles. The quantitative estimate of drug-likeness (QED) is 0.834. The molecule has 0 saturated carbocycles. The summed E-state index contributed by atoms with van der Waals surface area (Å²) < 4.78 is 53.2. The van der Waals surface area contributed by atoms with Gasteiger partial charge in [-0.3, -0.25) is 0 Å². The van der Waals surface area contributed by atoms with Crippen molar-refractivity contribution in [1.82, 2.24) is 4.72 Å². The Bertz CT molecular complexity index is 550. The lowest BCUT2D eigenvalue weighted by molar-refractivity contribution is 0.480. The van der Waals surface area contributed by atoms with Crippen molar-refractivity contribution in [1.29, 1.82) is 0 Å². The van der Waals surface area contributed by atoms with Gasteiger partial charge in [0.05, 0.1) is 0 Å². The zero-order valence-electron chi connectivity index (χ0n) is 10.6. The predicted molar refractivity (Wildman–Crippen MR) is 72.4 cm³/mol. The molecule has 1 aromatic rings. The first kappa shape index (κ1) is 16.4. The zero-order valence-corrected chi connectivity index (χ0v) is 12.2. The molecule has 4 nitrogen and oxygen atoms in total. The summed E-state index contributed by atoms with van der Waals surface area (Å²) in [6, 6.07) is 1.55. The first-order valence-electron chi connectivity index (χ1n) is 5.51. The maximum absolute atomic E-state index is 13.6. The lowest BCUT2D eigenvalue weighted by Crippen LogP contribution is -2.35.